The lowest BCUT2D eigenvalue weighted by Crippen LogP contribution is -2.51. The van der Waals surface area contributed by atoms with Crippen LogP contribution in [-0.4, -0.2) is 24.0 Å². The summed E-state index contributed by atoms with van der Waals surface area (Å²) in [6.45, 7) is 10.5. The molecular weight excluding hydrogens is 349 g/mol. The van der Waals surface area contributed by atoms with E-state index in [4.69, 9.17) is 16.0 Å². The molecule has 0 N–H and O–H groups in total. The molecule has 0 bridgehead atoms. The fourth-order valence-corrected chi connectivity index (χ4v) is 4.08. The number of hydrogen-bond donors (Lipinski definition) is 0. The summed E-state index contributed by atoms with van der Waals surface area (Å²) in [5, 5.41) is 0. The fourth-order valence-electron chi connectivity index (χ4n) is 4.08. The Hall–Kier alpha value is -2.42. The van der Waals surface area contributed by atoms with Gasteiger partial charge in [0.05, 0.1) is 12.0 Å². The first-order chi connectivity index (χ1) is 12.8. The lowest BCUT2D eigenvalue weighted by Gasteiger charge is -2.40. The smallest absolute Gasteiger partial charge is 0.314 e. The molecule has 1 saturated heterocycles. The monoisotopic (exact) mass is 373 g/mol. The third kappa shape index (κ3) is 3.97. The molecule has 1 atom stereocenters. The van der Waals surface area contributed by atoms with E-state index in [9.17, 15) is 14.0 Å². The Labute approximate surface area is 158 Å². The van der Waals surface area contributed by atoms with Gasteiger partial charge in [-0.2, -0.15) is 0 Å². The van der Waals surface area contributed by atoms with Crippen LogP contribution in [0.15, 0.2) is 18.2 Å². The molecule has 2 fully saturated rings. The van der Waals surface area contributed by atoms with E-state index in [2.05, 4.69) is 4.85 Å². The van der Waals surface area contributed by atoms with Crippen molar-refractivity contribution in [2.75, 3.05) is 6.61 Å². The van der Waals surface area contributed by atoms with Crippen LogP contribution in [0.5, 0.6) is 5.75 Å². The highest BCUT2D eigenvalue weighted by atomic mass is 19.1. The standard InChI is InChI=1S/C21H24FNO4/c1-20(2,23-3)17-9-8-16(11-18(17)22)26-13-21(14-6-4-5-7-14)12-15(24)10-19(25)27-21/h8-9,11,14H,4-7,10,12-13H2,1-2H3. The minimum absolute atomic E-state index is 0.0279. The van der Waals surface area contributed by atoms with Crippen molar-refractivity contribution in [2.24, 2.45) is 5.92 Å². The SMILES string of the molecule is [C-]#[N+]C(C)(C)c1ccc(OCC2(C3CCCC3)CC(=O)CC(=O)O2)cc1F. The third-order valence-electron chi connectivity index (χ3n) is 5.62. The number of halogens is 1. The van der Waals surface area contributed by atoms with E-state index in [1.807, 2.05) is 0 Å². The Kier molecular flexibility index (Phi) is 5.23. The molecule has 0 aromatic heterocycles. The molecule has 0 radical (unpaired) electrons. The molecule has 1 unspecified atom stereocenters. The minimum Gasteiger partial charge on any atom is -0.489 e. The van der Waals surface area contributed by atoms with Gasteiger partial charge in [-0.05, 0) is 25.0 Å². The Morgan fingerprint density at radius 3 is 2.63 bits per heavy atom. The van der Waals surface area contributed by atoms with Gasteiger partial charge in [0.1, 0.15) is 30.4 Å². The van der Waals surface area contributed by atoms with Crippen molar-refractivity contribution >= 4 is 11.8 Å². The summed E-state index contributed by atoms with van der Waals surface area (Å²) in [4.78, 5) is 27.4. The Bertz CT molecular complexity index is 774. The summed E-state index contributed by atoms with van der Waals surface area (Å²) >= 11 is 0. The molecule has 1 aromatic rings. The van der Waals surface area contributed by atoms with Crippen LogP contribution >= 0.6 is 0 Å². The summed E-state index contributed by atoms with van der Waals surface area (Å²) in [7, 11) is 0. The first-order valence-electron chi connectivity index (χ1n) is 9.31. The number of Topliss-reactive ketones (excluding diaryl/α,β-unsaturated/α-hetero) is 1. The van der Waals surface area contributed by atoms with Crippen molar-refractivity contribution in [1.82, 2.24) is 0 Å². The number of carbonyl (C=O) groups excluding carboxylic acids is 2. The topological polar surface area (TPSA) is 57.0 Å². The molecular formula is C21H24FNO4. The van der Waals surface area contributed by atoms with E-state index >= 15 is 0 Å². The van der Waals surface area contributed by atoms with Gasteiger partial charge in [0.2, 0.25) is 0 Å². The summed E-state index contributed by atoms with van der Waals surface area (Å²) in [5.41, 5.74) is -1.62. The van der Waals surface area contributed by atoms with Crippen molar-refractivity contribution in [1.29, 1.82) is 0 Å². The Morgan fingerprint density at radius 1 is 1.33 bits per heavy atom. The van der Waals surface area contributed by atoms with Gasteiger partial charge in [-0.1, -0.05) is 12.8 Å². The number of ether oxygens (including phenoxy) is 2. The molecule has 1 saturated carbocycles. The molecule has 0 amide bonds. The highest BCUT2D eigenvalue weighted by Gasteiger charge is 2.49. The quantitative estimate of drug-likeness (QED) is 0.441. The molecule has 3 rings (SSSR count). The number of hydrogen-bond acceptors (Lipinski definition) is 4. The summed E-state index contributed by atoms with van der Waals surface area (Å²) < 4.78 is 25.9. The number of ketones is 1. The molecule has 1 heterocycles. The lowest BCUT2D eigenvalue weighted by molar-refractivity contribution is -0.182. The first-order valence-corrected chi connectivity index (χ1v) is 9.31. The van der Waals surface area contributed by atoms with Gasteiger partial charge in [0.15, 0.2) is 5.60 Å². The number of rotatable bonds is 5. The number of nitrogens with zero attached hydrogens (tertiary/aromatic N) is 1. The summed E-state index contributed by atoms with van der Waals surface area (Å²) in [6.07, 6.45) is 3.80. The maximum atomic E-state index is 14.5. The van der Waals surface area contributed by atoms with Gasteiger partial charge >= 0.3 is 5.97 Å². The highest BCUT2D eigenvalue weighted by Crippen LogP contribution is 2.41. The molecule has 1 aliphatic heterocycles. The fraction of sp³-hybridized carbons (Fsp3) is 0.571. The third-order valence-corrected chi connectivity index (χ3v) is 5.62. The predicted octanol–water partition coefficient (Wildman–Crippen LogP) is 4.19. The number of esters is 1. The van der Waals surface area contributed by atoms with E-state index in [1.165, 1.54) is 6.07 Å². The number of carbonyl (C=O) groups is 2. The molecule has 1 aliphatic carbocycles. The van der Waals surface area contributed by atoms with Crippen LogP contribution in [0.1, 0.15) is 57.9 Å². The van der Waals surface area contributed by atoms with Crippen molar-refractivity contribution in [3.63, 3.8) is 0 Å². The molecule has 0 spiro atoms. The number of benzene rings is 1. The van der Waals surface area contributed by atoms with E-state index in [1.54, 1.807) is 26.0 Å². The first kappa shape index (κ1) is 19.3. The normalized spacial score (nSPS) is 23.8. The van der Waals surface area contributed by atoms with Crippen molar-refractivity contribution in [2.45, 2.75) is 63.5 Å². The van der Waals surface area contributed by atoms with Gasteiger partial charge in [-0.25, -0.2) is 11.0 Å². The van der Waals surface area contributed by atoms with Gasteiger partial charge in [-0.15, -0.1) is 0 Å². The minimum atomic E-state index is -0.964. The molecule has 5 nitrogen and oxygen atoms in total. The molecule has 27 heavy (non-hydrogen) atoms. The van der Waals surface area contributed by atoms with E-state index in [0.29, 0.717) is 11.3 Å². The molecule has 1 aromatic carbocycles. The summed E-state index contributed by atoms with van der Waals surface area (Å²) in [6, 6.07) is 4.40. The van der Waals surface area contributed by atoms with Crippen LogP contribution in [0.3, 0.4) is 0 Å². The second-order valence-corrected chi connectivity index (χ2v) is 8.01. The average molecular weight is 373 g/mol. The van der Waals surface area contributed by atoms with Crippen molar-refractivity contribution < 1.29 is 23.5 Å². The second-order valence-electron chi connectivity index (χ2n) is 8.01. The lowest BCUT2D eigenvalue weighted by atomic mass is 9.80. The maximum Gasteiger partial charge on any atom is 0.314 e. The van der Waals surface area contributed by atoms with Crippen LogP contribution in [0.4, 0.5) is 4.39 Å². The van der Waals surface area contributed by atoms with Crippen LogP contribution in [0.2, 0.25) is 0 Å². The molecule has 2 aliphatic rings. The largest absolute Gasteiger partial charge is 0.489 e. The molecule has 6 heteroatoms. The summed E-state index contributed by atoms with van der Waals surface area (Å²) in [5.74, 6) is -0.788. The average Bonchev–Trinajstić information content (AvgIpc) is 3.14. The van der Waals surface area contributed by atoms with Crippen LogP contribution in [-0.2, 0) is 19.9 Å². The zero-order chi connectivity index (χ0) is 19.7. The van der Waals surface area contributed by atoms with E-state index in [0.717, 1.165) is 25.7 Å². The Morgan fingerprint density at radius 2 is 2.04 bits per heavy atom. The predicted molar refractivity (Wildman–Crippen MR) is 96.5 cm³/mol. The van der Waals surface area contributed by atoms with Crippen LogP contribution in [0.25, 0.3) is 4.85 Å². The van der Waals surface area contributed by atoms with Crippen molar-refractivity contribution in [3.05, 3.63) is 41.0 Å². The zero-order valence-corrected chi connectivity index (χ0v) is 15.7. The second kappa shape index (κ2) is 7.30. The van der Waals surface area contributed by atoms with Gasteiger partial charge in [-0.3, -0.25) is 9.59 Å². The Balaban J connectivity index is 1.80. The van der Waals surface area contributed by atoms with Gasteiger partial charge in [0, 0.05) is 25.8 Å². The van der Waals surface area contributed by atoms with E-state index < -0.39 is 22.9 Å². The van der Waals surface area contributed by atoms with Gasteiger partial charge < -0.3 is 14.3 Å². The van der Waals surface area contributed by atoms with Gasteiger partial charge in [0.25, 0.3) is 5.54 Å². The zero-order valence-electron chi connectivity index (χ0n) is 15.7. The van der Waals surface area contributed by atoms with Crippen LogP contribution in [0, 0.1) is 18.3 Å². The number of cyclic esters (lactones) is 1. The maximum absolute atomic E-state index is 14.5. The molecule has 144 valence electrons. The van der Waals surface area contributed by atoms with E-state index in [-0.39, 0.29) is 31.1 Å². The van der Waals surface area contributed by atoms with Crippen LogP contribution < -0.4 is 4.74 Å². The van der Waals surface area contributed by atoms with Crippen molar-refractivity contribution in [3.8, 4) is 5.75 Å². The highest BCUT2D eigenvalue weighted by molar-refractivity contribution is 5.98.